The van der Waals surface area contributed by atoms with Crippen molar-refractivity contribution in [2.45, 2.75) is 30.5 Å². The van der Waals surface area contributed by atoms with Crippen molar-refractivity contribution in [1.29, 1.82) is 0 Å². The highest BCUT2D eigenvalue weighted by atomic mass is 32.2. The van der Waals surface area contributed by atoms with Crippen molar-refractivity contribution in [2.24, 2.45) is 0 Å². The minimum atomic E-state index is 0.0132. The topological polar surface area (TPSA) is 71.0 Å². The fourth-order valence-electron chi connectivity index (χ4n) is 2.23. The van der Waals surface area contributed by atoms with E-state index in [4.69, 9.17) is 0 Å². The van der Waals surface area contributed by atoms with Gasteiger partial charge >= 0.3 is 0 Å². The molecule has 1 amide bonds. The normalized spacial score (nSPS) is 10.7. The molecule has 3 rings (SSSR count). The Morgan fingerprint density at radius 1 is 1.27 bits per heavy atom. The molecule has 1 N–H and O–H groups in total. The summed E-state index contributed by atoms with van der Waals surface area (Å²) in [7, 11) is 0. The van der Waals surface area contributed by atoms with Crippen molar-refractivity contribution in [1.82, 2.24) is 15.2 Å². The smallest absolute Gasteiger partial charge is 0.225 e. The van der Waals surface area contributed by atoms with Crippen LogP contribution in [0, 0.1) is 0 Å². The number of thioether (sulfide) groups is 1. The summed E-state index contributed by atoms with van der Waals surface area (Å²) in [6.45, 7) is 4.86. The Balaban J connectivity index is 1.52. The van der Waals surface area contributed by atoms with Crippen molar-refractivity contribution in [2.75, 3.05) is 16.8 Å². The zero-order chi connectivity index (χ0) is 18.4. The number of hydrogen-bond donors (Lipinski definition) is 1. The number of aromatic nitrogens is 3. The zero-order valence-corrected chi connectivity index (χ0v) is 17.0. The molecule has 0 saturated carbocycles. The van der Waals surface area contributed by atoms with Crippen LogP contribution in [0.25, 0.3) is 0 Å². The summed E-state index contributed by atoms with van der Waals surface area (Å²) in [4.78, 5) is 17.8. The van der Waals surface area contributed by atoms with Gasteiger partial charge in [0.15, 0.2) is 9.47 Å². The Labute approximate surface area is 164 Å². The van der Waals surface area contributed by atoms with Crippen LogP contribution in [0.15, 0.2) is 40.1 Å². The number of benzene rings is 1. The fourth-order valence-corrected chi connectivity index (χ4v) is 4.91. The van der Waals surface area contributed by atoms with Crippen LogP contribution >= 0.6 is 34.4 Å². The Hall–Kier alpha value is -1.97. The Morgan fingerprint density at radius 3 is 2.81 bits per heavy atom. The Kier molecular flexibility index (Phi) is 6.59. The lowest BCUT2D eigenvalue weighted by Gasteiger charge is -2.14. The van der Waals surface area contributed by atoms with Crippen LogP contribution in [0.1, 0.15) is 25.1 Å². The lowest BCUT2D eigenvalue weighted by atomic mass is 10.2. The summed E-state index contributed by atoms with van der Waals surface area (Å²) in [5.74, 6) is 0.721. The van der Waals surface area contributed by atoms with Gasteiger partial charge in [0.25, 0.3) is 0 Å². The minimum absolute atomic E-state index is 0.0132. The van der Waals surface area contributed by atoms with Crippen LogP contribution in [0.2, 0.25) is 0 Å². The first-order valence-corrected chi connectivity index (χ1v) is 10.8. The summed E-state index contributed by atoms with van der Waals surface area (Å²) in [5.41, 5.74) is 2.15. The van der Waals surface area contributed by atoms with Gasteiger partial charge in [0.05, 0.1) is 5.69 Å². The Bertz CT molecular complexity index is 849. The van der Waals surface area contributed by atoms with Crippen LogP contribution in [0.5, 0.6) is 0 Å². The van der Waals surface area contributed by atoms with Gasteiger partial charge in [-0.2, -0.15) is 0 Å². The van der Waals surface area contributed by atoms with Gasteiger partial charge < -0.3 is 5.32 Å². The maximum absolute atomic E-state index is 11.6. The highest BCUT2D eigenvalue weighted by molar-refractivity contribution is 8.00. The van der Waals surface area contributed by atoms with Gasteiger partial charge in [0.2, 0.25) is 11.0 Å². The molecular weight excluding hydrogens is 386 g/mol. The summed E-state index contributed by atoms with van der Waals surface area (Å²) < 4.78 is 0.897. The molecule has 0 radical (unpaired) electrons. The molecule has 136 valence electrons. The van der Waals surface area contributed by atoms with Gasteiger partial charge in [-0.25, -0.2) is 4.98 Å². The molecule has 0 aliphatic carbocycles. The van der Waals surface area contributed by atoms with Crippen molar-refractivity contribution < 1.29 is 4.79 Å². The standard InChI is InChI=1S/C17H19N5OS3/c1-3-22(12(2)23)16-19-14(10-24-16)11-25-17-21-20-15(26-17)18-9-13-7-5-4-6-8-13/h4-8,10H,3,9,11H2,1-2H3,(H,18,20). The average molecular weight is 406 g/mol. The van der Waals surface area contributed by atoms with E-state index in [1.807, 2.05) is 30.5 Å². The lowest BCUT2D eigenvalue weighted by molar-refractivity contribution is -0.116. The molecule has 3 aromatic rings. The average Bonchev–Trinajstić information content (AvgIpc) is 3.29. The summed E-state index contributed by atoms with van der Waals surface area (Å²) in [6.07, 6.45) is 0. The summed E-state index contributed by atoms with van der Waals surface area (Å²) in [6, 6.07) is 10.2. The Morgan fingerprint density at radius 2 is 2.08 bits per heavy atom. The van der Waals surface area contributed by atoms with Gasteiger partial charge in [-0.05, 0) is 12.5 Å². The molecule has 2 heterocycles. The van der Waals surface area contributed by atoms with Crippen LogP contribution in [-0.4, -0.2) is 27.6 Å². The largest absolute Gasteiger partial charge is 0.356 e. The number of hydrogen-bond acceptors (Lipinski definition) is 8. The number of anilines is 2. The maximum Gasteiger partial charge on any atom is 0.225 e. The predicted octanol–water partition coefficient (Wildman–Crippen LogP) is 4.27. The first kappa shape index (κ1) is 18.8. The van der Waals surface area contributed by atoms with E-state index in [-0.39, 0.29) is 5.91 Å². The van der Waals surface area contributed by atoms with E-state index in [0.717, 1.165) is 26.8 Å². The van der Waals surface area contributed by atoms with E-state index >= 15 is 0 Å². The number of amides is 1. The second kappa shape index (κ2) is 9.11. The molecular formula is C17H19N5OS3. The molecule has 0 aliphatic rings. The van der Waals surface area contributed by atoms with Crippen molar-refractivity contribution >= 4 is 50.6 Å². The van der Waals surface area contributed by atoms with Crippen LogP contribution in [0.3, 0.4) is 0 Å². The number of carbonyl (C=O) groups is 1. The summed E-state index contributed by atoms with van der Waals surface area (Å²) in [5, 5.41) is 15.2. The second-order valence-corrected chi connectivity index (χ2v) is 8.42. The number of carbonyl (C=O) groups excluding carboxylic acids is 1. The molecule has 0 bridgehead atoms. The van der Waals surface area contributed by atoms with Gasteiger partial charge in [-0.1, -0.05) is 53.4 Å². The van der Waals surface area contributed by atoms with Crippen molar-refractivity contribution in [3.05, 3.63) is 47.0 Å². The van der Waals surface area contributed by atoms with Crippen LogP contribution in [0.4, 0.5) is 10.3 Å². The predicted molar refractivity (Wildman–Crippen MR) is 109 cm³/mol. The highest BCUT2D eigenvalue weighted by Gasteiger charge is 2.14. The number of rotatable bonds is 8. The van der Waals surface area contributed by atoms with Crippen LogP contribution in [-0.2, 0) is 17.1 Å². The SMILES string of the molecule is CCN(C(C)=O)c1nc(CSc2nnc(NCc3ccccc3)s2)cs1. The molecule has 0 saturated heterocycles. The molecule has 0 aliphatic heterocycles. The van der Waals surface area contributed by atoms with Crippen molar-refractivity contribution in [3.63, 3.8) is 0 Å². The molecule has 0 unspecified atom stereocenters. The fraction of sp³-hybridized carbons (Fsp3) is 0.294. The van der Waals surface area contributed by atoms with E-state index < -0.39 is 0 Å². The van der Waals surface area contributed by atoms with Crippen molar-refractivity contribution in [3.8, 4) is 0 Å². The number of nitrogens with one attached hydrogen (secondary N) is 1. The molecule has 6 nitrogen and oxygen atoms in total. The second-order valence-electron chi connectivity index (χ2n) is 5.39. The van der Waals surface area contributed by atoms with Crippen LogP contribution < -0.4 is 10.2 Å². The van der Waals surface area contributed by atoms with Gasteiger partial charge in [0, 0.05) is 31.1 Å². The van der Waals surface area contributed by atoms with Gasteiger partial charge in [-0.15, -0.1) is 21.5 Å². The molecule has 0 spiro atoms. The molecule has 0 fully saturated rings. The van der Waals surface area contributed by atoms with E-state index in [2.05, 4.69) is 32.6 Å². The molecule has 0 atom stereocenters. The monoisotopic (exact) mass is 405 g/mol. The number of nitrogens with zero attached hydrogens (tertiary/aromatic N) is 4. The van der Waals surface area contributed by atoms with Gasteiger partial charge in [-0.3, -0.25) is 9.69 Å². The van der Waals surface area contributed by atoms with E-state index in [1.165, 1.54) is 28.2 Å². The van der Waals surface area contributed by atoms with E-state index in [1.54, 1.807) is 23.6 Å². The molecule has 1 aromatic carbocycles. The van der Waals surface area contributed by atoms with E-state index in [9.17, 15) is 4.79 Å². The number of thiazole rings is 1. The van der Waals surface area contributed by atoms with Gasteiger partial charge in [0.1, 0.15) is 0 Å². The minimum Gasteiger partial charge on any atom is -0.356 e. The quantitative estimate of drug-likeness (QED) is 0.564. The maximum atomic E-state index is 11.6. The molecule has 9 heteroatoms. The highest BCUT2D eigenvalue weighted by Crippen LogP contribution is 2.30. The first-order chi connectivity index (χ1) is 12.7. The van der Waals surface area contributed by atoms with E-state index in [0.29, 0.717) is 12.3 Å². The first-order valence-electron chi connectivity index (χ1n) is 8.12. The third-order valence-corrected chi connectivity index (χ3v) is 6.46. The third kappa shape index (κ3) is 5.03. The third-order valence-electron chi connectivity index (χ3n) is 3.50. The summed E-state index contributed by atoms with van der Waals surface area (Å²) >= 11 is 4.63. The zero-order valence-electron chi connectivity index (χ0n) is 14.5. The molecule has 2 aromatic heterocycles. The lowest BCUT2D eigenvalue weighted by Crippen LogP contribution is -2.27. The molecule has 26 heavy (non-hydrogen) atoms.